The van der Waals surface area contributed by atoms with Gasteiger partial charge in [0.05, 0.1) is 0 Å². The van der Waals surface area contributed by atoms with Crippen LogP contribution in [0.4, 0.5) is 0 Å². The van der Waals surface area contributed by atoms with E-state index in [1.165, 1.54) is 43.9 Å². The standard InChI is InChI=1S/C14H30N2S/c1-5-8-13-11-16(9-7-10-17-6-2)14(3,4)12-15-13/h13,15H,5-12H2,1-4H3. The van der Waals surface area contributed by atoms with Gasteiger partial charge >= 0.3 is 0 Å². The zero-order chi connectivity index (χ0) is 12.7. The minimum absolute atomic E-state index is 0.334. The minimum atomic E-state index is 0.334. The Labute approximate surface area is 112 Å². The first-order chi connectivity index (χ1) is 8.10. The second-order valence-electron chi connectivity index (χ2n) is 5.68. The lowest BCUT2D eigenvalue weighted by Crippen LogP contribution is -2.62. The van der Waals surface area contributed by atoms with E-state index in [-0.39, 0.29) is 0 Å². The Balaban J connectivity index is 2.35. The van der Waals surface area contributed by atoms with E-state index in [1.54, 1.807) is 0 Å². The van der Waals surface area contributed by atoms with Gasteiger partial charge in [-0.15, -0.1) is 0 Å². The fourth-order valence-corrected chi connectivity index (χ4v) is 3.14. The molecule has 1 atom stereocenters. The average Bonchev–Trinajstić information content (AvgIpc) is 2.29. The molecule has 0 aromatic heterocycles. The van der Waals surface area contributed by atoms with Crippen LogP contribution in [-0.2, 0) is 0 Å². The zero-order valence-electron chi connectivity index (χ0n) is 12.1. The van der Waals surface area contributed by atoms with E-state index in [9.17, 15) is 0 Å². The summed E-state index contributed by atoms with van der Waals surface area (Å²) < 4.78 is 0. The predicted molar refractivity (Wildman–Crippen MR) is 80.0 cm³/mol. The summed E-state index contributed by atoms with van der Waals surface area (Å²) >= 11 is 2.07. The van der Waals surface area contributed by atoms with Gasteiger partial charge in [0.2, 0.25) is 0 Å². The molecule has 1 N–H and O–H groups in total. The highest BCUT2D eigenvalue weighted by Gasteiger charge is 2.32. The third kappa shape index (κ3) is 5.19. The van der Waals surface area contributed by atoms with Crippen molar-refractivity contribution in [2.24, 2.45) is 0 Å². The molecule has 3 heteroatoms. The Kier molecular flexibility index (Phi) is 6.90. The van der Waals surface area contributed by atoms with E-state index in [0.717, 1.165) is 6.54 Å². The summed E-state index contributed by atoms with van der Waals surface area (Å²) in [6.07, 6.45) is 3.94. The normalized spacial score (nSPS) is 25.1. The van der Waals surface area contributed by atoms with Gasteiger partial charge in [-0.1, -0.05) is 20.3 Å². The number of nitrogens with zero attached hydrogens (tertiary/aromatic N) is 1. The second-order valence-corrected chi connectivity index (χ2v) is 7.07. The molecular formula is C14H30N2S. The zero-order valence-corrected chi connectivity index (χ0v) is 12.9. The van der Waals surface area contributed by atoms with Gasteiger partial charge in [0.25, 0.3) is 0 Å². The summed E-state index contributed by atoms with van der Waals surface area (Å²) in [7, 11) is 0. The van der Waals surface area contributed by atoms with Gasteiger partial charge in [-0.3, -0.25) is 4.90 Å². The Morgan fingerprint density at radius 1 is 1.35 bits per heavy atom. The first kappa shape index (κ1) is 15.3. The lowest BCUT2D eigenvalue weighted by molar-refractivity contribution is 0.0643. The third-order valence-electron chi connectivity index (χ3n) is 3.68. The van der Waals surface area contributed by atoms with Gasteiger partial charge in [-0.05, 0) is 44.7 Å². The van der Waals surface area contributed by atoms with Crippen molar-refractivity contribution in [2.75, 3.05) is 31.1 Å². The van der Waals surface area contributed by atoms with Crippen molar-refractivity contribution >= 4 is 11.8 Å². The summed E-state index contributed by atoms with van der Waals surface area (Å²) in [6.45, 7) is 12.9. The number of piperazine rings is 1. The lowest BCUT2D eigenvalue weighted by Gasteiger charge is -2.46. The van der Waals surface area contributed by atoms with Crippen LogP contribution < -0.4 is 5.32 Å². The topological polar surface area (TPSA) is 15.3 Å². The summed E-state index contributed by atoms with van der Waals surface area (Å²) in [4.78, 5) is 2.69. The van der Waals surface area contributed by atoms with E-state index < -0.39 is 0 Å². The monoisotopic (exact) mass is 258 g/mol. The van der Waals surface area contributed by atoms with Crippen molar-refractivity contribution in [3.05, 3.63) is 0 Å². The Morgan fingerprint density at radius 3 is 2.76 bits per heavy atom. The van der Waals surface area contributed by atoms with Crippen LogP contribution in [0.1, 0.15) is 47.0 Å². The fourth-order valence-electron chi connectivity index (χ4n) is 2.52. The number of hydrogen-bond acceptors (Lipinski definition) is 3. The maximum Gasteiger partial charge on any atom is 0.0278 e. The van der Waals surface area contributed by atoms with E-state index >= 15 is 0 Å². The quantitative estimate of drug-likeness (QED) is 0.707. The van der Waals surface area contributed by atoms with Gasteiger partial charge in [0.15, 0.2) is 0 Å². The number of nitrogens with one attached hydrogen (secondary N) is 1. The molecular weight excluding hydrogens is 228 g/mol. The maximum absolute atomic E-state index is 3.69. The summed E-state index contributed by atoms with van der Waals surface area (Å²) in [6, 6.07) is 0.715. The molecule has 0 spiro atoms. The molecule has 0 bridgehead atoms. The van der Waals surface area contributed by atoms with Crippen molar-refractivity contribution in [3.8, 4) is 0 Å². The molecule has 1 fully saturated rings. The molecule has 102 valence electrons. The van der Waals surface area contributed by atoms with Crippen LogP contribution in [0.15, 0.2) is 0 Å². The van der Waals surface area contributed by atoms with Gasteiger partial charge in [-0.25, -0.2) is 0 Å². The van der Waals surface area contributed by atoms with Crippen molar-refractivity contribution in [3.63, 3.8) is 0 Å². The van der Waals surface area contributed by atoms with Gasteiger partial charge in [-0.2, -0.15) is 11.8 Å². The molecule has 0 radical (unpaired) electrons. The van der Waals surface area contributed by atoms with Crippen molar-refractivity contribution in [1.82, 2.24) is 10.2 Å². The first-order valence-corrected chi connectivity index (χ1v) is 8.31. The molecule has 1 heterocycles. The van der Waals surface area contributed by atoms with Crippen molar-refractivity contribution in [1.29, 1.82) is 0 Å². The molecule has 17 heavy (non-hydrogen) atoms. The number of hydrogen-bond donors (Lipinski definition) is 1. The van der Waals surface area contributed by atoms with Gasteiger partial charge in [0, 0.05) is 24.7 Å². The fraction of sp³-hybridized carbons (Fsp3) is 1.00. The van der Waals surface area contributed by atoms with Crippen LogP contribution >= 0.6 is 11.8 Å². The van der Waals surface area contributed by atoms with E-state index in [0.29, 0.717) is 11.6 Å². The van der Waals surface area contributed by atoms with E-state index in [2.05, 4.69) is 49.7 Å². The maximum atomic E-state index is 3.69. The highest BCUT2D eigenvalue weighted by molar-refractivity contribution is 7.99. The number of rotatable bonds is 7. The first-order valence-electron chi connectivity index (χ1n) is 7.16. The average molecular weight is 258 g/mol. The van der Waals surface area contributed by atoms with Crippen LogP contribution in [0.25, 0.3) is 0 Å². The summed E-state index contributed by atoms with van der Waals surface area (Å²) in [5.41, 5.74) is 0.334. The molecule has 0 aromatic rings. The van der Waals surface area contributed by atoms with Crippen molar-refractivity contribution in [2.45, 2.75) is 58.5 Å². The van der Waals surface area contributed by atoms with E-state index in [1.807, 2.05) is 0 Å². The molecule has 1 rings (SSSR count). The third-order valence-corrected chi connectivity index (χ3v) is 4.66. The van der Waals surface area contributed by atoms with Crippen LogP contribution in [0.5, 0.6) is 0 Å². The van der Waals surface area contributed by atoms with E-state index in [4.69, 9.17) is 0 Å². The molecule has 0 amide bonds. The highest BCUT2D eigenvalue weighted by atomic mass is 32.2. The molecule has 2 nitrogen and oxygen atoms in total. The largest absolute Gasteiger partial charge is 0.311 e. The van der Waals surface area contributed by atoms with Crippen LogP contribution in [-0.4, -0.2) is 47.6 Å². The molecule has 1 saturated heterocycles. The molecule has 0 aliphatic carbocycles. The molecule has 1 aliphatic rings. The molecule has 0 saturated carbocycles. The smallest absolute Gasteiger partial charge is 0.0278 e. The van der Waals surface area contributed by atoms with Crippen molar-refractivity contribution < 1.29 is 0 Å². The predicted octanol–water partition coefficient (Wildman–Crippen LogP) is 2.98. The number of thioether (sulfide) groups is 1. The molecule has 1 unspecified atom stereocenters. The van der Waals surface area contributed by atoms with Crippen LogP contribution in [0.3, 0.4) is 0 Å². The van der Waals surface area contributed by atoms with Crippen LogP contribution in [0.2, 0.25) is 0 Å². The highest BCUT2D eigenvalue weighted by Crippen LogP contribution is 2.20. The Morgan fingerprint density at radius 2 is 2.12 bits per heavy atom. The van der Waals surface area contributed by atoms with Crippen LogP contribution in [0, 0.1) is 0 Å². The lowest BCUT2D eigenvalue weighted by atomic mass is 9.95. The SMILES string of the molecule is CCCC1CN(CCCSCC)C(C)(C)CN1. The summed E-state index contributed by atoms with van der Waals surface area (Å²) in [5, 5.41) is 3.69. The molecule has 0 aromatic carbocycles. The Bertz CT molecular complexity index is 206. The Hall–Kier alpha value is 0.270. The molecule has 1 aliphatic heterocycles. The second kappa shape index (κ2) is 7.65. The van der Waals surface area contributed by atoms with Gasteiger partial charge < -0.3 is 5.32 Å². The van der Waals surface area contributed by atoms with Gasteiger partial charge in [0.1, 0.15) is 0 Å². The summed E-state index contributed by atoms with van der Waals surface area (Å²) in [5.74, 6) is 2.57. The minimum Gasteiger partial charge on any atom is -0.311 e.